The molecule has 0 aliphatic heterocycles. The fraction of sp³-hybridized carbons (Fsp3) is 0.391. The lowest BCUT2D eigenvalue weighted by molar-refractivity contribution is 0.100. The molecule has 3 N–H and O–H groups in total. The number of hydrogen-bond acceptors (Lipinski definition) is 2. The van der Waals surface area contributed by atoms with E-state index in [1.54, 1.807) is 0 Å². The number of hydrogen-bond donors (Lipinski definition) is 3. The van der Waals surface area contributed by atoms with Crippen molar-refractivity contribution in [3.05, 3.63) is 65.2 Å². The van der Waals surface area contributed by atoms with Gasteiger partial charge in [-0.1, -0.05) is 18.2 Å². The van der Waals surface area contributed by atoms with Crippen molar-refractivity contribution in [3.63, 3.8) is 0 Å². The highest BCUT2D eigenvalue weighted by atomic mass is 19.2. The number of halogens is 2. The first kappa shape index (κ1) is 20.5. The number of guanidine groups is 1. The molecule has 0 saturated heterocycles. The summed E-state index contributed by atoms with van der Waals surface area (Å²) in [4.78, 5) is 16.8. The van der Waals surface area contributed by atoms with Crippen molar-refractivity contribution >= 4 is 17.6 Å². The Labute approximate surface area is 174 Å². The van der Waals surface area contributed by atoms with Gasteiger partial charge >= 0.3 is 0 Å². The van der Waals surface area contributed by atoms with Gasteiger partial charge in [-0.2, -0.15) is 4.99 Å². The number of benzene rings is 2. The van der Waals surface area contributed by atoms with Gasteiger partial charge in [-0.15, -0.1) is 0 Å². The van der Waals surface area contributed by atoms with Crippen LogP contribution in [-0.4, -0.2) is 29.1 Å². The summed E-state index contributed by atoms with van der Waals surface area (Å²) in [5.74, 6) is -1.98. The number of rotatable bonds is 4. The van der Waals surface area contributed by atoms with Crippen LogP contribution in [0.2, 0.25) is 0 Å². The van der Waals surface area contributed by atoms with Crippen molar-refractivity contribution < 1.29 is 18.7 Å². The van der Waals surface area contributed by atoms with Crippen molar-refractivity contribution in [1.82, 2.24) is 5.32 Å². The lowest BCUT2D eigenvalue weighted by Gasteiger charge is -2.28. The van der Waals surface area contributed by atoms with Gasteiger partial charge in [-0.3, -0.25) is 4.79 Å². The largest absolute Gasteiger partial charge is 0.393 e. The Kier molecular flexibility index (Phi) is 6.08. The van der Waals surface area contributed by atoms with E-state index >= 15 is 0 Å². The summed E-state index contributed by atoms with van der Waals surface area (Å²) in [6.45, 7) is 0. The molecular formula is C23H25F2N3O2. The van der Waals surface area contributed by atoms with Crippen molar-refractivity contribution in [2.45, 2.75) is 56.6 Å². The summed E-state index contributed by atoms with van der Waals surface area (Å²) in [5.41, 5.74) is 2.02. The number of carbonyl (C=O) groups is 1. The minimum Gasteiger partial charge on any atom is -0.393 e. The highest BCUT2D eigenvalue weighted by Crippen LogP contribution is 2.43. The quantitative estimate of drug-likeness (QED) is 0.515. The van der Waals surface area contributed by atoms with Gasteiger partial charge < -0.3 is 15.7 Å². The number of nitrogens with one attached hydrogen (secondary N) is 2. The van der Waals surface area contributed by atoms with Gasteiger partial charge in [0.05, 0.1) is 6.10 Å². The van der Waals surface area contributed by atoms with E-state index < -0.39 is 17.5 Å². The second kappa shape index (κ2) is 8.92. The Balaban J connectivity index is 1.58. The van der Waals surface area contributed by atoms with Crippen LogP contribution in [0, 0.1) is 11.6 Å². The maximum absolute atomic E-state index is 13.6. The van der Waals surface area contributed by atoms with Crippen molar-refractivity contribution in [2.75, 3.05) is 5.32 Å². The molecule has 5 nitrogen and oxygen atoms in total. The second-order valence-corrected chi connectivity index (χ2v) is 8.03. The Morgan fingerprint density at radius 2 is 1.70 bits per heavy atom. The zero-order valence-corrected chi connectivity index (χ0v) is 16.6. The van der Waals surface area contributed by atoms with Crippen LogP contribution in [0.5, 0.6) is 0 Å². The van der Waals surface area contributed by atoms with Gasteiger partial charge in [-0.25, -0.2) is 8.78 Å². The highest BCUT2D eigenvalue weighted by molar-refractivity contribution is 6.07. The molecule has 30 heavy (non-hydrogen) atoms. The summed E-state index contributed by atoms with van der Waals surface area (Å²) in [7, 11) is 0. The number of anilines is 1. The van der Waals surface area contributed by atoms with Gasteiger partial charge in [0, 0.05) is 17.3 Å². The molecule has 0 aromatic heterocycles. The van der Waals surface area contributed by atoms with E-state index in [1.165, 1.54) is 11.6 Å². The van der Waals surface area contributed by atoms with E-state index in [4.69, 9.17) is 0 Å². The van der Waals surface area contributed by atoms with E-state index in [-0.39, 0.29) is 23.7 Å². The van der Waals surface area contributed by atoms with Crippen LogP contribution in [0.1, 0.15) is 60.4 Å². The zero-order valence-electron chi connectivity index (χ0n) is 16.6. The van der Waals surface area contributed by atoms with Crippen LogP contribution in [0.3, 0.4) is 0 Å². The topological polar surface area (TPSA) is 73.7 Å². The van der Waals surface area contributed by atoms with E-state index in [9.17, 15) is 18.7 Å². The predicted octanol–water partition coefficient (Wildman–Crippen LogP) is 4.34. The van der Waals surface area contributed by atoms with E-state index in [1.807, 2.05) is 18.2 Å². The molecule has 2 aliphatic carbocycles. The van der Waals surface area contributed by atoms with Crippen LogP contribution in [0.15, 0.2) is 47.5 Å². The number of carbonyl (C=O) groups excluding carboxylic acids is 1. The van der Waals surface area contributed by atoms with Crippen LogP contribution >= 0.6 is 0 Å². The standard InChI is InChI=1S/C23H25F2N3O2/c24-19-12-7-15(13-20(19)25)22(30)28-23(26-16-8-10-17(29)11-9-16)27-21-4-2-1-3-18(21)14-5-6-14/h1-4,7,12-14,16-17,29H,5-6,8-11H2,(H2,26,27,28,30)/t16-,17-. The molecule has 0 unspecified atom stereocenters. The summed E-state index contributed by atoms with van der Waals surface area (Å²) in [5, 5.41) is 16.3. The fourth-order valence-corrected chi connectivity index (χ4v) is 3.79. The number of aliphatic imine (C=N–C) groups is 1. The summed E-state index contributed by atoms with van der Waals surface area (Å²) in [6.07, 6.45) is 4.84. The first-order valence-corrected chi connectivity index (χ1v) is 10.4. The average Bonchev–Trinajstić information content (AvgIpc) is 3.57. The first-order chi connectivity index (χ1) is 14.5. The fourth-order valence-electron chi connectivity index (χ4n) is 3.79. The van der Waals surface area contributed by atoms with Crippen LogP contribution in [-0.2, 0) is 0 Å². The van der Waals surface area contributed by atoms with Crippen molar-refractivity contribution in [1.29, 1.82) is 0 Å². The normalized spacial score (nSPS) is 21.9. The Morgan fingerprint density at radius 1 is 0.967 bits per heavy atom. The summed E-state index contributed by atoms with van der Waals surface area (Å²) >= 11 is 0. The Bertz CT molecular complexity index is 951. The van der Waals surface area contributed by atoms with Crippen molar-refractivity contribution in [3.8, 4) is 0 Å². The number of nitrogens with zero attached hydrogens (tertiary/aromatic N) is 1. The molecule has 0 radical (unpaired) electrons. The molecule has 0 bridgehead atoms. The smallest absolute Gasteiger partial charge is 0.280 e. The molecule has 0 heterocycles. The van der Waals surface area contributed by atoms with Gasteiger partial charge in [-0.05, 0) is 74.3 Å². The molecule has 2 saturated carbocycles. The predicted molar refractivity (Wildman–Crippen MR) is 112 cm³/mol. The van der Waals surface area contributed by atoms with Gasteiger partial charge in [0.25, 0.3) is 5.91 Å². The number of amides is 1. The van der Waals surface area contributed by atoms with Crippen molar-refractivity contribution in [2.24, 2.45) is 4.99 Å². The third-order valence-electron chi connectivity index (χ3n) is 5.65. The molecule has 2 aromatic rings. The lowest BCUT2D eigenvalue weighted by atomic mass is 9.93. The third kappa shape index (κ3) is 5.02. The summed E-state index contributed by atoms with van der Waals surface area (Å²) < 4.78 is 26.8. The molecule has 158 valence electrons. The highest BCUT2D eigenvalue weighted by Gasteiger charge is 2.27. The molecular weight excluding hydrogens is 388 g/mol. The second-order valence-electron chi connectivity index (χ2n) is 8.03. The molecule has 4 rings (SSSR count). The SMILES string of the molecule is O=C(/N=C(/Nc1ccccc1C1CC1)N[C@H]1CC[C@H](O)CC1)c1ccc(F)c(F)c1. The first-order valence-electron chi connectivity index (χ1n) is 10.4. The third-order valence-corrected chi connectivity index (χ3v) is 5.65. The summed E-state index contributed by atoms with van der Waals surface area (Å²) in [6, 6.07) is 11.0. The number of aliphatic hydroxyl groups is 1. The monoisotopic (exact) mass is 413 g/mol. The molecule has 2 aliphatic rings. The molecule has 0 atom stereocenters. The maximum atomic E-state index is 13.6. The van der Waals surface area contributed by atoms with Gasteiger partial charge in [0.1, 0.15) is 0 Å². The van der Waals surface area contributed by atoms with Crippen LogP contribution in [0.25, 0.3) is 0 Å². The molecule has 2 aromatic carbocycles. The zero-order chi connectivity index (χ0) is 21.1. The number of aliphatic hydroxyl groups excluding tert-OH is 1. The van der Waals surface area contributed by atoms with Crippen LogP contribution < -0.4 is 10.6 Å². The van der Waals surface area contributed by atoms with E-state index in [0.29, 0.717) is 18.8 Å². The molecule has 2 fully saturated rings. The average molecular weight is 413 g/mol. The Hall–Kier alpha value is -2.80. The minimum atomic E-state index is -1.08. The minimum absolute atomic E-state index is 0.0236. The number of para-hydroxylation sites is 1. The molecule has 1 amide bonds. The maximum Gasteiger partial charge on any atom is 0.280 e. The van der Waals surface area contributed by atoms with E-state index in [0.717, 1.165) is 43.5 Å². The van der Waals surface area contributed by atoms with E-state index in [2.05, 4.69) is 21.7 Å². The van der Waals surface area contributed by atoms with Gasteiger partial charge in [0.2, 0.25) is 5.96 Å². The molecule has 0 spiro atoms. The lowest BCUT2D eigenvalue weighted by Crippen LogP contribution is -2.42. The van der Waals surface area contributed by atoms with Gasteiger partial charge in [0.15, 0.2) is 11.6 Å². The Morgan fingerprint density at radius 3 is 2.40 bits per heavy atom. The molecule has 7 heteroatoms. The van der Waals surface area contributed by atoms with Crippen LogP contribution in [0.4, 0.5) is 14.5 Å².